The molecule has 3 nitrogen and oxygen atoms in total. The Kier molecular flexibility index (Phi) is 7.91. The van der Waals surface area contributed by atoms with Crippen molar-refractivity contribution in [2.75, 3.05) is 19.6 Å². The van der Waals surface area contributed by atoms with Gasteiger partial charge in [0.25, 0.3) is 5.91 Å². The first-order valence-electron chi connectivity index (χ1n) is 10.1. The molecule has 1 atom stereocenters. The fraction of sp³-hybridized carbons (Fsp3) is 0.435. The molecule has 0 aromatic heterocycles. The first kappa shape index (κ1) is 20.1. The minimum absolute atomic E-state index is 0.00705. The van der Waals surface area contributed by atoms with E-state index in [1.54, 1.807) is 0 Å². The van der Waals surface area contributed by atoms with Gasteiger partial charge in [0, 0.05) is 10.0 Å². The summed E-state index contributed by atoms with van der Waals surface area (Å²) in [6, 6.07) is 17.9. The molecular weight excluding hydrogens is 400 g/mol. The number of halogens is 1. The van der Waals surface area contributed by atoms with Crippen LogP contribution in [0.1, 0.15) is 60.5 Å². The van der Waals surface area contributed by atoms with Crippen LogP contribution in [0, 0.1) is 0 Å². The molecule has 1 aliphatic heterocycles. The maximum atomic E-state index is 12.7. The Morgan fingerprint density at radius 3 is 2.37 bits per heavy atom. The zero-order chi connectivity index (χ0) is 18.9. The van der Waals surface area contributed by atoms with E-state index < -0.39 is 0 Å². The molecule has 1 N–H and O–H groups in total. The van der Waals surface area contributed by atoms with Crippen LogP contribution in [-0.2, 0) is 0 Å². The molecule has 2 aromatic rings. The lowest BCUT2D eigenvalue weighted by Gasteiger charge is -2.26. The molecule has 4 heteroatoms. The van der Waals surface area contributed by atoms with Gasteiger partial charge in [-0.25, -0.2) is 0 Å². The van der Waals surface area contributed by atoms with Crippen LogP contribution in [0.15, 0.2) is 59.1 Å². The van der Waals surface area contributed by atoms with E-state index in [1.807, 2.05) is 42.5 Å². The van der Waals surface area contributed by atoms with Crippen molar-refractivity contribution < 1.29 is 4.79 Å². The lowest BCUT2D eigenvalue weighted by Crippen LogP contribution is -2.31. The Hall–Kier alpha value is -1.65. The highest BCUT2D eigenvalue weighted by molar-refractivity contribution is 9.10. The van der Waals surface area contributed by atoms with Crippen LogP contribution in [0.25, 0.3) is 0 Å². The minimum Gasteiger partial charge on any atom is -0.345 e. The minimum atomic E-state index is -0.00705. The topological polar surface area (TPSA) is 32.3 Å². The number of hydrogen-bond donors (Lipinski definition) is 1. The third-order valence-electron chi connectivity index (χ3n) is 5.28. The summed E-state index contributed by atoms with van der Waals surface area (Å²) in [4.78, 5) is 15.3. The fourth-order valence-corrected chi connectivity index (χ4v) is 3.98. The number of amides is 1. The smallest absolute Gasteiger partial charge is 0.251 e. The maximum Gasteiger partial charge on any atom is 0.251 e. The Bertz CT molecular complexity index is 696. The second kappa shape index (κ2) is 10.6. The normalized spacial score (nSPS) is 16.0. The maximum absolute atomic E-state index is 12.7. The van der Waals surface area contributed by atoms with Crippen molar-refractivity contribution in [1.82, 2.24) is 10.2 Å². The zero-order valence-electron chi connectivity index (χ0n) is 15.9. The van der Waals surface area contributed by atoms with Crippen molar-refractivity contribution in [1.29, 1.82) is 0 Å². The zero-order valence-corrected chi connectivity index (χ0v) is 17.5. The van der Waals surface area contributed by atoms with Gasteiger partial charge in [0.1, 0.15) is 0 Å². The van der Waals surface area contributed by atoms with Crippen LogP contribution >= 0.6 is 15.9 Å². The molecular formula is C23H29BrN2O. The predicted octanol–water partition coefficient (Wildman–Crippen LogP) is 5.58. The summed E-state index contributed by atoms with van der Waals surface area (Å²) < 4.78 is 0.983. The molecule has 0 bridgehead atoms. The van der Waals surface area contributed by atoms with Crippen molar-refractivity contribution in [3.63, 3.8) is 0 Å². The lowest BCUT2D eigenvalue weighted by atomic mass is 10.00. The van der Waals surface area contributed by atoms with Gasteiger partial charge in [-0.15, -0.1) is 0 Å². The fourth-order valence-electron chi connectivity index (χ4n) is 3.72. The summed E-state index contributed by atoms with van der Waals surface area (Å²) in [6.07, 6.45) is 7.36. The Balaban J connectivity index is 1.55. The highest BCUT2D eigenvalue weighted by Gasteiger charge is 2.16. The number of unbranched alkanes of at least 4 members (excludes halogenated alkanes) is 1. The van der Waals surface area contributed by atoms with Gasteiger partial charge in [-0.1, -0.05) is 52.7 Å². The Morgan fingerprint density at radius 1 is 0.963 bits per heavy atom. The van der Waals surface area contributed by atoms with Gasteiger partial charge in [0.2, 0.25) is 0 Å². The Labute approximate surface area is 171 Å². The molecule has 0 radical (unpaired) electrons. The van der Waals surface area contributed by atoms with E-state index in [1.165, 1.54) is 50.9 Å². The van der Waals surface area contributed by atoms with Gasteiger partial charge in [-0.3, -0.25) is 4.79 Å². The number of likely N-dealkylation sites (tertiary alicyclic amines) is 1. The molecule has 3 rings (SSSR count). The molecule has 1 fully saturated rings. The molecule has 1 unspecified atom stereocenters. The molecule has 1 heterocycles. The molecule has 0 saturated carbocycles. The van der Waals surface area contributed by atoms with Gasteiger partial charge in [-0.2, -0.15) is 0 Å². The average molecular weight is 429 g/mol. The SMILES string of the molecule is O=C(NC(CCCCN1CCCCC1)c1ccccc1)c1ccc(Br)cc1. The summed E-state index contributed by atoms with van der Waals surface area (Å²) in [6.45, 7) is 3.69. The van der Waals surface area contributed by atoms with Crippen LogP contribution < -0.4 is 5.32 Å². The highest BCUT2D eigenvalue weighted by atomic mass is 79.9. The van der Waals surface area contributed by atoms with Gasteiger partial charge in [-0.05, 0) is 81.6 Å². The van der Waals surface area contributed by atoms with Crippen LogP contribution in [-0.4, -0.2) is 30.4 Å². The summed E-state index contributed by atoms with van der Waals surface area (Å²) in [5.41, 5.74) is 1.88. The largest absolute Gasteiger partial charge is 0.345 e. The second-order valence-electron chi connectivity index (χ2n) is 7.34. The molecule has 144 valence electrons. The number of piperidine rings is 1. The van der Waals surface area contributed by atoms with E-state index in [-0.39, 0.29) is 11.9 Å². The number of rotatable bonds is 8. The molecule has 27 heavy (non-hydrogen) atoms. The molecule has 1 aliphatic rings. The number of carbonyl (C=O) groups excluding carboxylic acids is 1. The highest BCUT2D eigenvalue weighted by Crippen LogP contribution is 2.21. The van der Waals surface area contributed by atoms with E-state index in [9.17, 15) is 4.79 Å². The standard InChI is InChI=1S/C23H29BrN2O/c24-21-14-12-20(13-15-21)23(27)25-22(19-9-3-1-4-10-19)11-5-8-18-26-16-6-2-7-17-26/h1,3-4,9-10,12-15,22H,2,5-8,11,16-18H2,(H,25,27). The predicted molar refractivity (Wildman–Crippen MR) is 115 cm³/mol. The second-order valence-corrected chi connectivity index (χ2v) is 8.26. The van der Waals surface area contributed by atoms with E-state index in [0.29, 0.717) is 5.56 Å². The van der Waals surface area contributed by atoms with E-state index in [2.05, 4.69) is 38.3 Å². The molecule has 1 saturated heterocycles. The summed E-state index contributed by atoms with van der Waals surface area (Å²) in [7, 11) is 0. The van der Waals surface area contributed by atoms with E-state index in [0.717, 1.165) is 17.3 Å². The third kappa shape index (κ3) is 6.47. The van der Waals surface area contributed by atoms with Crippen LogP contribution in [0.3, 0.4) is 0 Å². The third-order valence-corrected chi connectivity index (χ3v) is 5.81. The van der Waals surface area contributed by atoms with Gasteiger partial charge in [0.05, 0.1) is 6.04 Å². The summed E-state index contributed by atoms with van der Waals surface area (Å²) >= 11 is 3.42. The monoisotopic (exact) mass is 428 g/mol. The summed E-state index contributed by atoms with van der Waals surface area (Å²) in [5, 5.41) is 3.24. The van der Waals surface area contributed by atoms with Gasteiger partial charge in [0.15, 0.2) is 0 Å². The van der Waals surface area contributed by atoms with Crippen molar-refractivity contribution in [2.24, 2.45) is 0 Å². The number of benzene rings is 2. The quantitative estimate of drug-likeness (QED) is 0.556. The van der Waals surface area contributed by atoms with Gasteiger partial charge < -0.3 is 10.2 Å². The van der Waals surface area contributed by atoms with Crippen LogP contribution in [0.5, 0.6) is 0 Å². The number of nitrogens with one attached hydrogen (secondary N) is 1. The van der Waals surface area contributed by atoms with E-state index in [4.69, 9.17) is 0 Å². The van der Waals surface area contributed by atoms with Crippen LogP contribution in [0.4, 0.5) is 0 Å². The Morgan fingerprint density at radius 2 is 1.67 bits per heavy atom. The number of nitrogens with zero attached hydrogens (tertiary/aromatic N) is 1. The molecule has 1 amide bonds. The molecule has 2 aromatic carbocycles. The number of carbonyl (C=O) groups is 1. The van der Waals surface area contributed by atoms with Crippen molar-refractivity contribution in [3.8, 4) is 0 Å². The van der Waals surface area contributed by atoms with Crippen molar-refractivity contribution in [2.45, 2.75) is 44.6 Å². The molecule has 0 spiro atoms. The van der Waals surface area contributed by atoms with Crippen molar-refractivity contribution in [3.05, 3.63) is 70.2 Å². The van der Waals surface area contributed by atoms with Crippen molar-refractivity contribution >= 4 is 21.8 Å². The molecule has 0 aliphatic carbocycles. The lowest BCUT2D eigenvalue weighted by molar-refractivity contribution is 0.0933. The number of hydrogen-bond acceptors (Lipinski definition) is 2. The van der Waals surface area contributed by atoms with E-state index >= 15 is 0 Å². The average Bonchev–Trinajstić information content (AvgIpc) is 2.72. The first-order valence-corrected chi connectivity index (χ1v) is 10.9. The first-order chi connectivity index (χ1) is 13.2. The summed E-state index contributed by atoms with van der Waals surface area (Å²) in [5.74, 6) is -0.00705. The van der Waals surface area contributed by atoms with Crippen LogP contribution in [0.2, 0.25) is 0 Å². The van der Waals surface area contributed by atoms with Gasteiger partial charge >= 0.3 is 0 Å².